The fourth-order valence-electron chi connectivity index (χ4n) is 2.05. The molecule has 0 saturated heterocycles. The zero-order chi connectivity index (χ0) is 19.3. The predicted molar refractivity (Wildman–Crippen MR) is 94.2 cm³/mol. The van der Waals surface area contributed by atoms with Gasteiger partial charge in [-0.05, 0) is 44.2 Å². The summed E-state index contributed by atoms with van der Waals surface area (Å²) in [5, 5.41) is 11.0. The molecule has 0 aliphatic rings. The van der Waals surface area contributed by atoms with Crippen LogP contribution in [-0.2, 0) is 14.9 Å². The molecular formula is C16H17N3O6S. The monoisotopic (exact) mass is 379 g/mol. The molecule has 0 unspecified atom stereocenters. The van der Waals surface area contributed by atoms with E-state index in [1.54, 1.807) is 6.92 Å². The Kier molecular flexibility index (Phi) is 5.90. The smallest absolute Gasteiger partial charge is 0.274 e. The van der Waals surface area contributed by atoms with Crippen molar-refractivity contribution in [3.63, 3.8) is 0 Å². The maximum Gasteiger partial charge on any atom is 0.274 e. The molecule has 0 fully saturated rings. The minimum atomic E-state index is -4.01. The van der Waals surface area contributed by atoms with Crippen LogP contribution >= 0.6 is 0 Å². The molecule has 0 aromatic heterocycles. The van der Waals surface area contributed by atoms with E-state index in [-0.39, 0.29) is 21.8 Å². The number of rotatable bonds is 7. The second-order valence-corrected chi connectivity index (χ2v) is 6.93. The molecule has 0 radical (unpaired) electrons. The topological polar surface area (TPSA) is 128 Å². The van der Waals surface area contributed by atoms with Gasteiger partial charge in [0.05, 0.1) is 16.4 Å². The van der Waals surface area contributed by atoms with E-state index >= 15 is 0 Å². The summed E-state index contributed by atoms with van der Waals surface area (Å²) in [6.45, 7) is 3.55. The predicted octanol–water partition coefficient (Wildman–Crippen LogP) is 2.39. The SMILES string of the molecule is CCONC(=O)c1ccc(NS(=O)(=O)c2ccc(C)c([N+](=O)[O-])c2)cc1. The molecule has 2 rings (SSSR count). The van der Waals surface area contributed by atoms with Crippen LogP contribution in [0, 0.1) is 17.0 Å². The second-order valence-electron chi connectivity index (χ2n) is 5.25. The lowest BCUT2D eigenvalue weighted by Gasteiger charge is -2.09. The molecule has 2 aromatic rings. The Morgan fingerprint density at radius 2 is 1.85 bits per heavy atom. The quantitative estimate of drug-likeness (QED) is 0.561. The lowest BCUT2D eigenvalue weighted by Crippen LogP contribution is -2.23. The molecule has 1 amide bonds. The fourth-order valence-corrected chi connectivity index (χ4v) is 3.13. The number of hydroxylamine groups is 1. The molecular weight excluding hydrogens is 362 g/mol. The summed E-state index contributed by atoms with van der Waals surface area (Å²) in [6, 6.07) is 9.31. The number of amides is 1. The van der Waals surface area contributed by atoms with Gasteiger partial charge in [-0.1, -0.05) is 6.07 Å². The molecule has 9 nitrogen and oxygen atoms in total. The molecule has 2 N–H and O–H groups in total. The number of carbonyl (C=O) groups is 1. The molecule has 0 bridgehead atoms. The molecule has 138 valence electrons. The van der Waals surface area contributed by atoms with Crippen LogP contribution in [0.25, 0.3) is 0 Å². The molecule has 0 atom stereocenters. The summed E-state index contributed by atoms with van der Waals surface area (Å²) in [6.07, 6.45) is 0. The highest BCUT2D eigenvalue weighted by molar-refractivity contribution is 7.92. The van der Waals surface area contributed by atoms with Crippen molar-refractivity contribution in [2.75, 3.05) is 11.3 Å². The Hall–Kier alpha value is -2.98. The second kappa shape index (κ2) is 7.93. The van der Waals surface area contributed by atoms with Gasteiger partial charge in [-0.25, -0.2) is 13.9 Å². The van der Waals surface area contributed by atoms with Crippen LogP contribution in [0.3, 0.4) is 0 Å². The fraction of sp³-hybridized carbons (Fsp3) is 0.188. The summed E-state index contributed by atoms with van der Waals surface area (Å²) in [4.78, 5) is 26.6. The standard InChI is InChI=1S/C16H17N3O6S/c1-3-25-17-16(20)12-5-7-13(8-6-12)18-26(23,24)14-9-4-11(2)15(10-14)19(21)22/h4-10,18H,3H2,1-2H3,(H,17,20). The van der Waals surface area contributed by atoms with Crippen LogP contribution in [0.5, 0.6) is 0 Å². The molecule has 26 heavy (non-hydrogen) atoms. The van der Waals surface area contributed by atoms with Gasteiger partial charge in [-0.3, -0.25) is 24.5 Å². The Bertz CT molecular complexity index is 926. The maximum atomic E-state index is 12.4. The average Bonchev–Trinajstić information content (AvgIpc) is 2.59. The van der Waals surface area contributed by atoms with Gasteiger partial charge < -0.3 is 0 Å². The van der Waals surface area contributed by atoms with E-state index in [0.717, 1.165) is 6.07 Å². The van der Waals surface area contributed by atoms with Crippen molar-refractivity contribution in [2.24, 2.45) is 0 Å². The summed E-state index contributed by atoms with van der Waals surface area (Å²) >= 11 is 0. The average molecular weight is 379 g/mol. The first-order valence-corrected chi connectivity index (χ1v) is 9.03. The van der Waals surface area contributed by atoms with E-state index in [9.17, 15) is 23.3 Å². The largest absolute Gasteiger partial charge is 0.280 e. The molecule has 2 aromatic carbocycles. The van der Waals surface area contributed by atoms with Crippen molar-refractivity contribution < 1.29 is 23.0 Å². The number of nitrogens with one attached hydrogen (secondary N) is 2. The highest BCUT2D eigenvalue weighted by atomic mass is 32.2. The van der Waals surface area contributed by atoms with Gasteiger partial charge in [-0.15, -0.1) is 0 Å². The number of aryl methyl sites for hydroxylation is 1. The Balaban J connectivity index is 2.20. The van der Waals surface area contributed by atoms with E-state index < -0.39 is 20.9 Å². The van der Waals surface area contributed by atoms with Crippen molar-refractivity contribution in [2.45, 2.75) is 18.7 Å². The van der Waals surface area contributed by atoms with Gasteiger partial charge >= 0.3 is 0 Å². The third kappa shape index (κ3) is 4.55. The Morgan fingerprint density at radius 3 is 2.42 bits per heavy atom. The maximum absolute atomic E-state index is 12.4. The first-order chi connectivity index (χ1) is 12.2. The highest BCUT2D eigenvalue weighted by Gasteiger charge is 2.20. The molecule has 0 spiro atoms. The zero-order valence-electron chi connectivity index (χ0n) is 14.1. The molecule has 0 heterocycles. The lowest BCUT2D eigenvalue weighted by molar-refractivity contribution is -0.385. The van der Waals surface area contributed by atoms with E-state index in [1.807, 2.05) is 0 Å². The molecule has 0 saturated carbocycles. The number of carbonyl (C=O) groups excluding carboxylic acids is 1. The molecule has 0 aliphatic heterocycles. The third-order valence-electron chi connectivity index (χ3n) is 3.40. The number of nitrogens with zero attached hydrogens (tertiary/aromatic N) is 1. The van der Waals surface area contributed by atoms with Gasteiger partial charge in [-0.2, -0.15) is 0 Å². The van der Waals surface area contributed by atoms with Crippen LogP contribution in [-0.4, -0.2) is 25.9 Å². The third-order valence-corrected chi connectivity index (χ3v) is 4.78. The first-order valence-electron chi connectivity index (χ1n) is 7.54. The minimum Gasteiger partial charge on any atom is -0.280 e. The van der Waals surface area contributed by atoms with E-state index in [1.165, 1.54) is 43.3 Å². The van der Waals surface area contributed by atoms with Crippen LogP contribution in [0.2, 0.25) is 0 Å². The van der Waals surface area contributed by atoms with Crippen LogP contribution in [0.15, 0.2) is 47.4 Å². The summed E-state index contributed by atoms with van der Waals surface area (Å²) in [5.74, 6) is -0.463. The summed E-state index contributed by atoms with van der Waals surface area (Å²) in [5.41, 5.74) is 2.80. The van der Waals surface area contributed by atoms with E-state index in [4.69, 9.17) is 4.84 Å². The minimum absolute atomic E-state index is 0.209. The number of benzene rings is 2. The van der Waals surface area contributed by atoms with Crippen molar-refractivity contribution >= 4 is 27.3 Å². The van der Waals surface area contributed by atoms with Crippen LogP contribution in [0.1, 0.15) is 22.8 Å². The van der Waals surface area contributed by atoms with Gasteiger partial charge in [0.25, 0.3) is 21.6 Å². The van der Waals surface area contributed by atoms with Crippen LogP contribution < -0.4 is 10.2 Å². The van der Waals surface area contributed by atoms with Crippen molar-refractivity contribution in [1.82, 2.24) is 5.48 Å². The Labute approximate surface area is 150 Å². The highest BCUT2D eigenvalue weighted by Crippen LogP contribution is 2.24. The summed E-state index contributed by atoms with van der Waals surface area (Å²) < 4.78 is 27.1. The molecule has 0 aliphatic carbocycles. The number of nitro groups is 1. The van der Waals surface area contributed by atoms with E-state index in [2.05, 4.69) is 10.2 Å². The number of nitro benzene ring substituents is 1. The lowest BCUT2D eigenvalue weighted by atomic mass is 10.2. The number of hydrogen-bond acceptors (Lipinski definition) is 6. The zero-order valence-corrected chi connectivity index (χ0v) is 14.9. The number of sulfonamides is 1. The van der Waals surface area contributed by atoms with Gasteiger partial charge in [0.15, 0.2) is 0 Å². The van der Waals surface area contributed by atoms with Gasteiger partial charge in [0.1, 0.15) is 0 Å². The Morgan fingerprint density at radius 1 is 1.19 bits per heavy atom. The van der Waals surface area contributed by atoms with Gasteiger partial charge in [0, 0.05) is 22.9 Å². The first kappa shape index (κ1) is 19.3. The molecule has 10 heteroatoms. The van der Waals surface area contributed by atoms with E-state index in [0.29, 0.717) is 12.2 Å². The van der Waals surface area contributed by atoms with Crippen molar-refractivity contribution in [1.29, 1.82) is 0 Å². The normalized spacial score (nSPS) is 11.0. The van der Waals surface area contributed by atoms with Crippen molar-refractivity contribution in [3.05, 3.63) is 63.7 Å². The van der Waals surface area contributed by atoms with Crippen LogP contribution in [0.4, 0.5) is 11.4 Å². The number of anilines is 1. The number of hydrogen-bond donors (Lipinski definition) is 2. The van der Waals surface area contributed by atoms with Crippen molar-refractivity contribution in [3.8, 4) is 0 Å². The summed E-state index contributed by atoms with van der Waals surface area (Å²) in [7, 11) is -4.01. The van der Waals surface area contributed by atoms with Gasteiger partial charge in [0.2, 0.25) is 0 Å².